The highest BCUT2D eigenvalue weighted by Gasteiger charge is 2.39. The fourth-order valence-corrected chi connectivity index (χ4v) is 2.04. The normalized spacial score (nSPS) is 27.9. The van der Waals surface area contributed by atoms with Gasteiger partial charge in [0.15, 0.2) is 0 Å². The first kappa shape index (κ1) is 12.9. The number of hydrogen-bond acceptors (Lipinski definition) is 3. The third-order valence-electron chi connectivity index (χ3n) is 2.12. The van der Waals surface area contributed by atoms with Crippen LogP contribution >= 0.6 is 15.9 Å². The summed E-state index contributed by atoms with van der Waals surface area (Å²) in [6.07, 6.45) is 6.50. The Bertz CT molecular complexity index is 349. The molecule has 0 amide bonds. The van der Waals surface area contributed by atoms with E-state index in [-0.39, 0.29) is 6.61 Å². The number of hydrogen-bond donors (Lipinski definition) is 2. The number of allylic oxidation sites excluding steroid dienone is 2. The lowest BCUT2D eigenvalue weighted by Crippen LogP contribution is -2.39. The molecule has 0 aliphatic heterocycles. The number of halogens is 1. The van der Waals surface area contributed by atoms with E-state index < -0.39 is 28.8 Å². The SMILES string of the molecule is O=C(O)COCC1(Br)C=CC=CC1C(=O)O. The molecule has 0 heterocycles. The smallest absolute Gasteiger partial charge is 0.329 e. The van der Waals surface area contributed by atoms with Crippen LogP contribution in [0.5, 0.6) is 0 Å². The number of rotatable bonds is 5. The van der Waals surface area contributed by atoms with E-state index in [0.29, 0.717) is 0 Å². The Kier molecular flexibility index (Phi) is 4.26. The molecule has 16 heavy (non-hydrogen) atoms. The molecule has 1 aliphatic rings. The zero-order valence-electron chi connectivity index (χ0n) is 8.30. The van der Waals surface area contributed by atoms with Crippen LogP contribution in [0, 0.1) is 5.92 Å². The highest BCUT2D eigenvalue weighted by Crippen LogP contribution is 2.34. The Morgan fingerprint density at radius 3 is 2.62 bits per heavy atom. The van der Waals surface area contributed by atoms with Crippen molar-refractivity contribution in [1.82, 2.24) is 0 Å². The molecule has 1 rings (SSSR count). The van der Waals surface area contributed by atoms with Crippen molar-refractivity contribution in [2.75, 3.05) is 13.2 Å². The number of carboxylic acids is 2. The number of carbonyl (C=O) groups is 2. The van der Waals surface area contributed by atoms with Gasteiger partial charge in [-0.05, 0) is 0 Å². The van der Waals surface area contributed by atoms with E-state index in [1.54, 1.807) is 18.2 Å². The van der Waals surface area contributed by atoms with E-state index in [1.165, 1.54) is 6.08 Å². The Morgan fingerprint density at radius 1 is 1.38 bits per heavy atom. The topological polar surface area (TPSA) is 83.8 Å². The highest BCUT2D eigenvalue weighted by molar-refractivity contribution is 9.10. The monoisotopic (exact) mass is 290 g/mol. The van der Waals surface area contributed by atoms with Crippen molar-refractivity contribution in [3.8, 4) is 0 Å². The van der Waals surface area contributed by atoms with Crippen molar-refractivity contribution in [3.05, 3.63) is 24.3 Å². The van der Waals surface area contributed by atoms with Crippen molar-refractivity contribution in [1.29, 1.82) is 0 Å². The maximum atomic E-state index is 11.0. The lowest BCUT2D eigenvalue weighted by molar-refractivity contribution is -0.143. The van der Waals surface area contributed by atoms with Gasteiger partial charge in [0.1, 0.15) is 6.61 Å². The molecule has 0 saturated heterocycles. The number of alkyl halides is 1. The van der Waals surface area contributed by atoms with Crippen LogP contribution in [0.3, 0.4) is 0 Å². The van der Waals surface area contributed by atoms with E-state index in [4.69, 9.17) is 14.9 Å². The van der Waals surface area contributed by atoms with Crippen LogP contribution < -0.4 is 0 Å². The minimum absolute atomic E-state index is 0.0168. The Morgan fingerprint density at radius 2 is 2.06 bits per heavy atom. The zero-order valence-corrected chi connectivity index (χ0v) is 9.88. The van der Waals surface area contributed by atoms with Gasteiger partial charge in [0.2, 0.25) is 0 Å². The molecular formula is C10H11BrO5. The summed E-state index contributed by atoms with van der Waals surface area (Å²) in [6.45, 7) is -0.464. The summed E-state index contributed by atoms with van der Waals surface area (Å²) in [5, 5.41) is 17.4. The van der Waals surface area contributed by atoms with Crippen LogP contribution in [-0.2, 0) is 14.3 Å². The maximum absolute atomic E-state index is 11.0. The van der Waals surface area contributed by atoms with Gasteiger partial charge >= 0.3 is 11.9 Å². The van der Waals surface area contributed by atoms with E-state index in [0.717, 1.165) is 0 Å². The number of ether oxygens (including phenoxy) is 1. The van der Waals surface area contributed by atoms with Crippen LogP contribution in [0.25, 0.3) is 0 Å². The molecule has 0 aromatic heterocycles. The standard InChI is InChI=1S/C10H11BrO5/c11-10(6-16-5-8(12)13)4-2-1-3-7(10)9(14)15/h1-4,7H,5-6H2,(H,12,13)(H,14,15). The minimum Gasteiger partial charge on any atom is -0.481 e. The summed E-state index contributed by atoms with van der Waals surface area (Å²) in [5.74, 6) is -2.85. The van der Waals surface area contributed by atoms with E-state index >= 15 is 0 Å². The number of aliphatic carboxylic acids is 2. The first-order chi connectivity index (χ1) is 7.46. The molecule has 1 aliphatic carbocycles. The van der Waals surface area contributed by atoms with Gasteiger partial charge in [0.25, 0.3) is 0 Å². The van der Waals surface area contributed by atoms with Gasteiger partial charge in [0.05, 0.1) is 16.8 Å². The first-order valence-electron chi connectivity index (χ1n) is 4.53. The van der Waals surface area contributed by atoms with Crippen LogP contribution in [-0.4, -0.2) is 39.7 Å². The average Bonchev–Trinajstić information content (AvgIpc) is 2.16. The Labute approximate surface area is 101 Å². The largest absolute Gasteiger partial charge is 0.481 e. The average molecular weight is 291 g/mol. The molecule has 0 spiro atoms. The van der Waals surface area contributed by atoms with Crippen LogP contribution in [0.15, 0.2) is 24.3 Å². The predicted octanol–water partition coefficient (Wildman–Crippen LogP) is 1.05. The molecule has 0 aromatic rings. The van der Waals surface area contributed by atoms with Gasteiger partial charge in [-0.2, -0.15) is 0 Å². The predicted molar refractivity (Wildman–Crippen MR) is 59.5 cm³/mol. The van der Waals surface area contributed by atoms with Crippen molar-refractivity contribution in [3.63, 3.8) is 0 Å². The molecule has 88 valence electrons. The highest BCUT2D eigenvalue weighted by atomic mass is 79.9. The summed E-state index contributed by atoms with van der Waals surface area (Å²) in [6, 6.07) is 0. The second-order valence-corrected chi connectivity index (χ2v) is 4.85. The van der Waals surface area contributed by atoms with Gasteiger partial charge in [-0.15, -0.1) is 0 Å². The molecule has 2 unspecified atom stereocenters. The number of carboxylic acid groups (broad SMARTS) is 2. The third kappa shape index (κ3) is 3.18. The first-order valence-corrected chi connectivity index (χ1v) is 5.32. The molecular weight excluding hydrogens is 280 g/mol. The summed E-state index contributed by atoms with van der Waals surface area (Å²) in [5.41, 5.74) is 0. The van der Waals surface area contributed by atoms with E-state index in [1.807, 2.05) is 0 Å². The summed E-state index contributed by atoms with van der Waals surface area (Å²) >= 11 is 3.28. The van der Waals surface area contributed by atoms with Crippen molar-refractivity contribution in [2.24, 2.45) is 5.92 Å². The van der Waals surface area contributed by atoms with Gasteiger partial charge in [-0.3, -0.25) is 4.79 Å². The Hall–Kier alpha value is -1.14. The molecule has 0 radical (unpaired) electrons. The second kappa shape index (κ2) is 5.27. The van der Waals surface area contributed by atoms with Gasteiger partial charge in [0, 0.05) is 0 Å². The minimum atomic E-state index is -1.08. The van der Waals surface area contributed by atoms with Gasteiger partial charge < -0.3 is 14.9 Å². The molecule has 6 heteroatoms. The molecule has 2 N–H and O–H groups in total. The quantitative estimate of drug-likeness (QED) is 0.740. The fourth-order valence-electron chi connectivity index (χ4n) is 1.37. The molecule has 5 nitrogen and oxygen atoms in total. The molecule has 0 saturated carbocycles. The lowest BCUT2D eigenvalue weighted by atomic mass is 9.89. The molecule has 0 bridgehead atoms. The zero-order chi connectivity index (χ0) is 12.2. The van der Waals surface area contributed by atoms with Gasteiger partial charge in [-0.25, -0.2) is 4.79 Å². The summed E-state index contributed by atoms with van der Waals surface area (Å²) < 4.78 is 4.04. The van der Waals surface area contributed by atoms with E-state index in [2.05, 4.69) is 15.9 Å². The summed E-state index contributed by atoms with van der Waals surface area (Å²) in [7, 11) is 0. The van der Waals surface area contributed by atoms with Crippen LogP contribution in [0.4, 0.5) is 0 Å². The third-order valence-corrected chi connectivity index (χ3v) is 3.11. The molecule has 0 fully saturated rings. The lowest BCUT2D eigenvalue weighted by Gasteiger charge is -2.29. The van der Waals surface area contributed by atoms with Crippen molar-refractivity contribution in [2.45, 2.75) is 4.32 Å². The van der Waals surface area contributed by atoms with Crippen LogP contribution in [0.2, 0.25) is 0 Å². The fraction of sp³-hybridized carbons (Fsp3) is 0.400. The van der Waals surface area contributed by atoms with Crippen molar-refractivity contribution >= 4 is 27.9 Å². The van der Waals surface area contributed by atoms with Crippen molar-refractivity contribution < 1.29 is 24.5 Å². The van der Waals surface area contributed by atoms with Crippen LogP contribution in [0.1, 0.15) is 0 Å². The second-order valence-electron chi connectivity index (χ2n) is 3.37. The van der Waals surface area contributed by atoms with E-state index in [9.17, 15) is 9.59 Å². The summed E-state index contributed by atoms with van der Waals surface area (Å²) in [4.78, 5) is 21.3. The molecule has 0 aromatic carbocycles. The molecule has 2 atom stereocenters. The van der Waals surface area contributed by atoms with Gasteiger partial charge in [-0.1, -0.05) is 40.2 Å². The Balaban J connectivity index is 2.65. The maximum Gasteiger partial charge on any atom is 0.329 e.